The summed E-state index contributed by atoms with van der Waals surface area (Å²) in [5, 5.41) is 0. The van der Waals surface area contributed by atoms with Gasteiger partial charge in [0.15, 0.2) is 11.5 Å². The fourth-order valence-corrected chi connectivity index (χ4v) is 3.44. The Morgan fingerprint density at radius 2 is 1.91 bits per heavy atom. The molecule has 6 nitrogen and oxygen atoms in total. The lowest BCUT2D eigenvalue weighted by Gasteiger charge is -2.46. The summed E-state index contributed by atoms with van der Waals surface area (Å²) in [6.45, 7) is 1.69. The summed E-state index contributed by atoms with van der Waals surface area (Å²) in [5.41, 5.74) is -1.10. The SMILES string of the molecule is COC(=O)CC1C=CC(OC)[C@@]2(C)C(=O)C(OC)=CC(=O)[C@@H]12. The van der Waals surface area contributed by atoms with Crippen LogP contribution in [0.15, 0.2) is 24.0 Å². The number of ether oxygens (including phenoxy) is 3. The van der Waals surface area contributed by atoms with Gasteiger partial charge in [0.05, 0.1) is 32.2 Å². The summed E-state index contributed by atoms with van der Waals surface area (Å²) in [6.07, 6.45) is 4.19. The Morgan fingerprint density at radius 1 is 1.23 bits per heavy atom. The third-order valence-corrected chi connectivity index (χ3v) is 4.60. The zero-order valence-corrected chi connectivity index (χ0v) is 13.1. The summed E-state index contributed by atoms with van der Waals surface area (Å²) in [7, 11) is 4.14. The van der Waals surface area contributed by atoms with Crippen molar-refractivity contribution in [2.75, 3.05) is 21.3 Å². The molecule has 2 rings (SSSR count). The van der Waals surface area contributed by atoms with Gasteiger partial charge in [0, 0.05) is 19.1 Å². The van der Waals surface area contributed by atoms with Gasteiger partial charge in [-0.2, -0.15) is 0 Å². The Kier molecular flexibility index (Phi) is 4.51. The molecule has 2 unspecified atom stereocenters. The third-order valence-electron chi connectivity index (χ3n) is 4.60. The number of hydrogen-bond donors (Lipinski definition) is 0. The summed E-state index contributed by atoms with van der Waals surface area (Å²) in [6, 6.07) is 0. The summed E-state index contributed by atoms with van der Waals surface area (Å²) < 4.78 is 15.1. The van der Waals surface area contributed by atoms with Crippen molar-refractivity contribution in [1.82, 2.24) is 0 Å². The van der Waals surface area contributed by atoms with Crippen molar-refractivity contribution in [2.45, 2.75) is 19.4 Å². The molecule has 0 fully saturated rings. The molecular formula is C16H20O6. The first-order valence-electron chi connectivity index (χ1n) is 7.02. The molecule has 2 aliphatic carbocycles. The van der Waals surface area contributed by atoms with Gasteiger partial charge in [0.1, 0.15) is 0 Å². The van der Waals surface area contributed by atoms with E-state index in [0.717, 1.165) is 0 Å². The second kappa shape index (κ2) is 6.04. The minimum atomic E-state index is -1.10. The van der Waals surface area contributed by atoms with Crippen LogP contribution in [-0.2, 0) is 28.6 Å². The van der Waals surface area contributed by atoms with Gasteiger partial charge in [-0.15, -0.1) is 0 Å². The molecule has 0 amide bonds. The minimum absolute atomic E-state index is 0.0259. The van der Waals surface area contributed by atoms with E-state index in [2.05, 4.69) is 4.74 Å². The van der Waals surface area contributed by atoms with E-state index in [9.17, 15) is 14.4 Å². The maximum Gasteiger partial charge on any atom is 0.306 e. The van der Waals surface area contributed by atoms with Crippen LogP contribution in [0.1, 0.15) is 13.3 Å². The Morgan fingerprint density at radius 3 is 2.45 bits per heavy atom. The highest BCUT2D eigenvalue weighted by Gasteiger charge is 2.57. The normalized spacial score (nSPS) is 34.0. The maximum atomic E-state index is 12.8. The molecule has 120 valence electrons. The fourth-order valence-electron chi connectivity index (χ4n) is 3.44. The highest BCUT2D eigenvalue weighted by Crippen LogP contribution is 2.48. The van der Waals surface area contributed by atoms with Crippen molar-refractivity contribution in [2.24, 2.45) is 17.3 Å². The highest BCUT2D eigenvalue weighted by atomic mass is 16.5. The molecule has 22 heavy (non-hydrogen) atoms. The summed E-state index contributed by atoms with van der Waals surface area (Å²) in [4.78, 5) is 36.9. The number of ketones is 2. The number of Topliss-reactive ketones (excluding diaryl/α,β-unsaturated/α-hetero) is 1. The van der Waals surface area contributed by atoms with Gasteiger partial charge in [-0.3, -0.25) is 14.4 Å². The summed E-state index contributed by atoms with van der Waals surface area (Å²) >= 11 is 0. The van der Waals surface area contributed by atoms with Crippen LogP contribution in [0.2, 0.25) is 0 Å². The van der Waals surface area contributed by atoms with E-state index in [-0.39, 0.29) is 23.7 Å². The Balaban J connectivity index is 2.50. The minimum Gasteiger partial charge on any atom is -0.493 e. The highest BCUT2D eigenvalue weighted by molar-refractivity contribution is 6.12. The Hall–Kier alpha value is -1.95. The number of fused-ring (bicyclic) bond motifs is 1. The van der Waals surface area contributed by atoms with E-state index in [1.165, 1.54) is 27.4 Å². The third kappa shape index (κ3) is 2.37. The first kappa shape index (κ1) is 16.4. The van der Waals surface area contributed by atoms with Crippen LogP contribution in [0.3, 0.4) is 0 Å². The lowest BCUT2D eigenvalue weighted by molar-refractivity contribution is -0.153. The second-order valence-electron chi connectivity index (χ2n) is 5.69. The van der Waals surface area contributed by atoms with Gasteiger partial charge in [0.25, 0.3) is 0 Å². The van der Waals surface area contributed by atoms with Gasteiger partial charge in [0.2, 0.25) is 5.78 Å². The van der Waals surface area contributed by atoms with Crippen LogP contribution >= 0.6 is 0 Å². The fraction of sp³-hybridized carbons (Fsp3) is 0.562. The van der Waals surface area contributed by atoms with Crippen LogP contribution in [0.25, 0.3) is 0 Å². The average Bonchev–Trinajstić information content (AvgIpc) is 2.50. The van der Waals surface area contributed by atoms with Gasteiger partial charge >= 0.3 is 5.97 Å². The van der Waals surface area contributed by atoms with Crippen LogP contribution in [0.5, 0.6) is 0 Å². The number of esters is 1. The number of rotatable bonds is 4. The van der Waals surface area contributed by atoms with Crippen LogP contribution in [0.4, 0.5) is 0 Å². The van der Waals surface area contributed by atoms with E-state index >= 15 is 0 Å². The van der Waals surface area contributed by atoms with Crippen LogP contribution < -0.4 is 0 Å². The molecule has 0 aromatic carbocycles. The van der Waals surface area contributed by atoms with Crippen molar-refractivity contribution in [3.05, 3.63) is 24.0 Å². The molecular weight excluding hydrogens is 288 g/mol. The second-order valence-corrected chi connectivity index (χ2v) is 5.69. The molecule has 0 heterocycles. The molecule has 0 aliphatic heterocycles. The van der Waals surface area contributed by atoms with Crippen molar-refractivity contribution >= 4 is 17.5 Å². The molecule has 2 aliphatic rings. The monoisotopic (exact) mass is 308 g/mol. The lowest BCUT2D eigenvalue weighted by Crippen LogP contribution is -2.56. The van der Waals surface area contributed by atoms with E-state index in [0.29, 0.717) is 0 Å². The van der Waals surface area contributed by atoms with Crippen molar-refractivity contribution in [3.8, 4) is 0 Å². The molecule has 0 aromatic rings. The molecule has 0 N–H and O–H groups in total. The number of allylic oxidation sites excluding steroid dienone is 3. The molecule has 4 atom stereocenters. The zero-order valence-electron chi connectivity index (χ0n) is 13.1. The Bertz CT molecular complexity index is 561. The number of methoxy groups -OCH3 is 3. The topological polar surface area (TPSA) is 78.9 Å². The van der Waals surface area contributed by atoms with Gasteiger partial charge in [-0.1, -0.05) is 12.2 Å². The van der Waals surface area contributed by atoms with Gasteiger partial charge < -0.3 is 14.2 Å². The molecule has 0 bridgehead atoms. The average molecular weight is 308 g/mol. The zero-order chi connectivity index (χ0) is 16.5. The lowest BCUT2D eigenvalue weighted by atomic mass is 9.57. The number of carbonyl (C=O) groups excluding carboxylic acids is 3. The molecule has 0 saturated carbocycles. The van der Waals surface area contributed by atoms with Gasteiger partial charge in [-0.25, -0.2) is 0 Å². The van der Waals surface area contributed by atoms with Crippen molar-refractivity contribution in [1.29, 1.82) is 0 Å². The van der Waals surface area contributed by atoms with Gasteiger partial charge in [-0.05, 0) is 12.8 Å². The van der Waals surface area contributed by atoms with E-state index < -0.39 is 29.3 Å². The first-order chi connectivity index (χ1) is 10.4. The maximum absolute atomic E-state index is 12.8. The van der Waals surface area contributed by atoms with E-state index in [4.69, 9.17) is 9.47 Å². The largest absolute Gasteiger partial charge is 0.493 e. The Labute approximate surface area is 129 Å². The molecule has 0 saturated heterocycles. The number of hydrogen-bond acceptors (Lipinski definition) is 6. The van der Waals surface area contributed by atoms with Crippen molar-refractivity contribution < 1.29 is 28.6 Å². The molecule has 6 heteroatoms. The van der Waals surface area contributed by atoms with E-state index in [1.807, 2.05) is 0 Å². The standard InChI is InChI=1S/C16H20O6/c1-16-12(21-3)6-5-9(7-13(18)22-4)14(16)10(17)8-11(20-2)15(16)19/h5-6,8-9,12,14H,7H2,1-4H3/t9?,12?,14-,16-/m1/s1. The first-order valence-corrected chi connectivity index (χ1v) is 7.02. The summed E-state index contributed by atoms with van der Waals surface area (Å²) in [5.74, 6) is -2.00. The van der Waals surface area contributed by atoms with Crippen LogP contribution in [-0.4, -0.2) is 45.0 Å². The van der Waals surface area contributed by atoms with E-state index in [1.54, 1.807) is 19.1 Å². The smallest absolute Gasteiger partial charge is 0.306 e. The molecule has 0 radical (unpaired) electrons. The predicted octanol–water partition coefficient (Wildman–Crippen LogP) is 1.06. The molecule has 0 spiro atoms. The predicted molar refractivity (Wildman–Crippen MR) is 76.8 cm³/mol. The quantitative estimate of drug-likeness (QED) is 0.571. The van der Waals surface area contributed by atoms with Crippen LogP contribution in [0, 0.1) is 17.3 Å². The molecule has 0 aromatic heterocycles. The van der Waals surface area contributed by atoms with Crippen molar-refractivity contribution in [3.63, 3.8) is 0 Å². The number of carbonyl (C=O) groups is 3.